The largest absolute Gasteiger partial charge is 0.330 e. The second-order valence-corrected chi connectivity index (χ2v) is 13.3. The maximum Gasteiger partial charge on any atom is 0.232 e. The average Bonchev–Trinajstić information content (AvgIpc) is 2.92. The SMILES string of the molecule is CCN(CC)CC.CCS(=O)(=O)CCCc1ccccc1.CCS(=O)(=O)Cl.NCCc1ccccc1.[2H]CF. The molecule has 0 bridgehead atoms. The lowest BCUT2D eigenvalue weighted by Crippen LogP contribution is -2.21. The van der Waals surface area contributed by atoms with Crippen molar-refractivity contribution >= 4 is 29.6 Å². The van der Waals surface area contributed by atoms with E-state index < -0.39 is 26.0 Å². The van der Waals surface area contributed by atoms with Crippen molar-refractivity contribution in [1.29, 1.82) is 0 Å². The lowest BCUT2D eigenvalue weighted by Gasteiger charge is -2.13. The zero-order chi connectivity index (χ0) is 30.6. The fraction of sp³-hybridized carbons (Fsp3) is 0.571. The van der Waals surface area contributed by atoms with Crippen LogP contribution in [0.15, 0.2) is 60.7 Å². The summed E-state index contributed by atoms with van der Waals surface area (Å²) in [6.07, 6.45) is 2.56. The van der Waals surface area contributed by atoms with Crippen molar-refractivity contribution in [1.82, 2.24) is 4.90 Å². The van der Waals surface area contributed by atoms with Gasteiger partial charge in [0.2, 0.25) is 9.05 Å². The van der Waals surface area contributed by atoms with Gasteiger partial charge in [-0.25, -0.2) is 16.8 Å². The molecular weight excluding hydrogens is 547 g/mol. The van der Waals surface area contributed by atoms with E-state index in [2.05, 4.69) is 48.5 Å². The highest BCUT2D eigenvalue weighted by molar-refractivity contribution is 8.13. The Labute approximate surface area is 238 Å². The highest BCUT2D eigenvalue weighted by Gasteiger charge is 2.06. The fourth-order valence-electron chi connectivity index (χ4n) is 2.77. The first kappa shape index (κ1) is 38.6. The van der Waals surface area contributed by atoms with Crippen molar-refractivity contribution < 1.29 is 22.6 Å². The van der Waals surface area contributed by atoms with E-state index in [0.29, 0.717) is 5.75 Å². The molecule has 0 aliphatic rings. The van der Waals surface area contributed by atoms with Gasteiger partial charge in [-0.2, -0.15) is 0 Å². The Balaban J connectivity index is -0.000000452. The van der Waals surface area contributed by atoms with Gasteiger partial charge in [0.25, 0.3) is 0 Å². The van der Waals surface area contributed by atoms with Crippen molar-refractivity contribution in [3.05, 3.63) is 71.8 Å². The van der Waals surface area contributed by atoms with E-state index in [4.69, 9.17) is 7.10 Å². The number of nitrogens with two attached hydrogens (primary N) is 1. The third kappa shape index (κ3) is 29.0. The molecule has 0 fully saturated rings. The van der Waals surface area contributed by atoms with Gasteiger partial charge >= 0.3 is 0 Å². The molecule has 0 aliphatic carbocycles. The molecule has 2 rings (SSSR count). The first-order valence-corrected chi connectivity index (χ1v) is 17.2. The Hall–Kier alpha value is -1.52. The summed E-state index contributed by atoms with van der Waals surface area (Å²) in [6, 6.07) is 20.2. The Bertz CT molecular complexity index is 976. The van der Waals surface area contributed by atoms with Crippen molar-refractivity contribution in [2.24, 2.45) is 5.73 Å². The van der Waals surface area contributed by atoms with Gasteiger partial charge in [0.05, 0.1) is 20.0 Å². The number of rotatable bonds is 11. The standard InChI is InChI=1S/C11H16O2S.C8H11N.C6H15N.C2H5ClO2S.CH3F/c1-2-14(12,13)10-6-9-11-7-4-3-5-8-11;9-7-6-8-4-2-1-3-5-8;1-4-7(5-2)6-3;1-2-6(3,4)5;1-2/h3-5,7-8H,2,6,9-10H2,1H3;1-5H,6-7,9H2;4-6H2,1-3H3;2H2,1H3;1H3/i;;;;1D. The van der Waals surface area contributed by atoms with Crippen LogP contribution in [-0.2, 0) is 31.7 Å². The summed E-state index contributed by atoms with van der Waals surface area (Å²) in [5.74, 6) is 0.564. The van der Waals surface area contributed by atoms with Crippen LogP contribution < -0.4 is 5.73 Å². The Kier molecular flexibility index (Phi) is 27.5. The Morgan fingerprint density at radius 2 is 1.16 bits per heavy atom. The molecule has 0 saturated carbocycles. The number of hydrogen-bond donors (Lipinski definition) is 1. The zero-order valence-corrected chi connectivity index (χ0v) is 26.2. The molecule has 0 amide bonds. The number of sulfone groups is 1. The number of benzene rings is 2. The summed E-state index contributed by atoms with van der Waals surface area (Å²) in [4.78, 5) is 2.38. The van der Waals surface area contributed by atoms with E-state index in [-0.39, 0.29) is 11.5 Å². The predicted octanol–water partition coefficient (Wildman–Crippen LogP) is 5.75. The van der Waals surface area contributed by atoms with E-state index in [1.54, 1.807) is 6.92 Å². The summed E-state index contributed by atoms with van der Waals surface area (Å²) >= 11 is 0. The van der Waals surface area contributed by atoms with Crippen LogP contribution in [0.4, 0.5) is 4.39 Å². The molecule has 2 aromatic rings. The minimum Gasteiger partial charge on any atom is -0.330 e. The van der Waals surface area contributed by atoms with Gasteiger partial charge in [-0.1, -0.05) is 95.3 Å². The maximum absolute atomic E-state index is 11.2. The first-order valence-electron chi connectivity index (χ1n) is 13.6. The molecule has 0 unspecified atom stereocenters. The van der Waals surface area contributed by atoms with Gasteiger partial charge in [0.15, 0.2) is 0 Å². The number of aryl methyl sites for hydroxylation is 1. The van der Waals surface area contributed by atoms with Crippen LogP contribution in [0.1, 0.15) is 53.5 Å². The minimum atomic E-state index is -3.19. The van der Waals surface area contributed by atoms with Gasteiger partial charge in [-0.15, -0.1) is 0 Å². The summed E-state index contributed by atoms with van der Waals surface area (Å²) in [5, 5.41) is 0. The third-order valence-electron chi connectivity index (χ3n) is 5.17. The third-order valence-corrected chi connectivity index (χ3v) is 8.30. The van der Waals surface area contributed by atoms with Gasteiger partial charge < -0.3 is 10.6 Å². The minimum absolute atomic E-state index is 0.00849. The van der Waals surface area contributed by atoms with E-state index in [1.807, 2.05) is 48.5 Å². The summed E-state index contributed by atoms with van der Waals surface area (Å²) in [6.45, 7) is 14.0. The maximum atomic E-state index is 11.2. The second-order valence-electron chi connectivity index (χ2n) is 7.80. The molecule has 0 aliphatic heterocycles. The molecule has 0 radical (unpaired) electrons. The molecule has 0 atom stereocenters. The molecule has 2 aromatic carbocycles. The summed E-state index contributed by atoms with van der Waals surface area (Å²) in [5.41, 5.74) is 7.89. The molecule has 0 spiro atoms. The average molecular weight is 598 g/mol. The second kappa shape index (κ2) is 27.1. The van der Waals surface area contributed by atoms with Gasteiger partial charge in [0, 0.05) is 16.4 Å². The molecule has 6 nitrogen and oxygen atoms in total. The van der Waals surface area contributed by atoms with E-state index in [9.17, 15) is 21.2 Å². The molecule has 10 heteroatoms. The van der Waals surface area contributed by atoms with Crippen molar-refractivity contribution in [3.63, 3.8) is 0 Å². The lowest BCUT2D eigenvalue weighted by atomic mass is 10.1. The highest BCUT2D eigenvalue weighted by atomic mass is 35.7. The molecule has 0 saturated heterocycles. The van der Waals surface area contributed by atoms with Crippen LogP contribution >= 0.6 is 10.7 Å². The monoisotopic (exact) mass is 597 g/mol. The molecule has 222 valence electrons. The van der Waals surface area contributed by atoms with Crippen LogP contribution in [0.25, 0.3) is 0 Å². The van der Waals surface area contributed by atoms with Gasteiger partial charge in [-0.05, 0) is 56.6 Å². The van der Waals surface area contributed by atoms with Crippen LogP contribution in [0.2, 0.25) is 0 Å². The Morgan fingerprint density at radius 1 is 0.789 bits per heavy atom. The topological polar surface area (TPSA) is 97.5 Å². The molecule has 0 aromatic heterocycles. The number of alkyl halides is 1. The summed E-state index contributed by atoms with van der Waals surface area (Å²) < 4.78 is 57.4. The molecule has 0 heterocycles. The van der Waals surface area contributed by atoms with E-state index in [0.717, 1.165) is 25.8 Å². The van der Waals surface area contributed by atoms with E-state index >= 15 is 0 Å². The van der Waals surface area contributed by atoms with Crippen molar-refractivity contribution in [2.75, 3.05) is 50.6 Å². The van der Waals surface area contributed by atoms with Crippen LogP contribution in [0.3, 0.4) is 0 Å². The quantitative estimate of drug-likeness (QED) is 0.331. The Morgan fingerprint density at radius 3 is 1.42 bits per heavy atom. The molecular formula is C28H50ClFN2O4S2. The predicted molar refractivity (Wildman–Crippen MR) is 164 cm³/mol. The van der Waals surface area contributed by atoms with Gasteiger partial charge in [0.1, 0.15) is 9.84 Å². The summed E-state index contributed by atoms with van der Waals surface area (Å²) in [7, 11) is -2.29. The molecule has 2 N–H and O–H groups in total. The normalized spacial score (nSPS) is 10.7. The number of hydrogen-bond acceptors (Lipinski definition) is 6. The van der Waals surface area contributed by atoms with Crippen LogP contribution in [-0.4, -0.2) is 72.3 Å². The van der Waals surface area contributed by atoms with Crippen LogP contribution in [0.5, 0.6) is 0 Å². The van der Waals surface area contributed by atoms with Crippen LogP contribution in [0, 0.1) is 0 Å². The number of halogens is 2. The zero-order valence-electron chi connectivity index (χ0n) is 24.8. The highest BCUT2D eigenvalue weighted by Crippen LogP contribution is 2.04. The van der Waals surface area contributed by atoms with Crippen molar-refractivity contribution in [3.8, 4) is 0 Å². The van der Waals surface area contributed by atoms with Crippen molar-refractivity contribution in [2.45, 2.75) is 53.9 Å². The fourth-order valence-corrected chi connectivity index (χ4v) is 3.64. The first-order chi connectivity index (χ1) is 18.4. The van der Waals surface area contributed by atoms with Gasteiger partial charge in [-0.3, -0.25) is 4.39 Å². The van der Waals surface area contributed by atoms with E-state index in [1.165, 1.54) is 37.7 Å². The molecule has 38 heavy (non-hydrogen) atoms. The smallest absolute Gasteiger partial charge is 0.232 e. The lowest BCUT2D eigenvalue weighted by molar-refractivity contribution is 0.321. The number of nitrogens with zero attached hydrogens (tertiary/aromatic N) is 1.